The molecule has 0 unspecified atom stereocenters. The standard InChI is InChI=1S/C19H23FN2O5S/c1-13(2)22(19(23)21-16-7-5-6-15(20)11-16)12-14-8-9-17(26-3)18(10-14)27-28(4,24)25/h5-11,13H,12H2,1-4H3,(H,21,23). The van der Waals surface area contributed by atoms with Crippen LogP contribution in [0, 0.1) is 5.82 Å². The van der Waals surface area contributed by atoms with Crippen molar-refractivity contribution in [3.8, 4) is 11.5 Å². The van der Waals surface area contributed by atoms with Crippen LogP contribution in [0.2, 0.25) is 0 Å². The molecule has 9 heteroatoms. The van der Waals surface area contributed by atoms with E-state index in [1.165, 1.54) is 36.3 Å². The van der Waals surface area contributed by atoms with E-state index in [4.69, 9.17) is 8.92 Å². The number of anilines is 1. The van der Waals surface area contributed by atoms with E-state index in [1.54, 1.807) is 18.2 Å². The zero-order valence-corrected chi connectivity index (χ0v) is 16.9. The molecule has 2 aromatic rings. The third-order valence-corrected chi connectivity index (χ3v) is 4.26. The molecule has 2 rings (SSSR count). The molecule has 0 aromatic heterocycles. The summed E-state index contributed by atoms with van der Waals surface area (Å²) in [7, 11) is -2.34. The molecule has 152 valence electrons. The molecule has 0 radical (unpaired) electrons. The third-order valence-electron chi connectivity index (χ3n) is 3.78. The zero-order chi connectivity index (χ0) is 20.9. The minimum absolute atomic E-state index is 0.0387. The summed E-state index contributed by atoms with van der Waals surface area (Å²) in [5.74, 6) is -0.155. The molecule has 0 saturated carbocycles. The average molecular weight is 410 g/mol. The SMILES string of the molecule is COc1ccc(CN(C(=O)Nc2cccc(F)c2)C(C)C)cc1OS(C)(=O)=O. The van der Waals surface area contributed by atoms with Crippen LogP contribution in [-0.4, -0.2) is 38.8 Å². The molecule has 28 heavy (non-hydrogen) atoms. The summed E-state index contributed by atoms with van der Waals surface area (Å²) in [5.41, 5.74) is 0.981. The Balaban J connectivity index is 2.23. The van der Waals surface area contributed by atoms with Crippen LogP contribution in [0.3, 0.4) is 0 Å². The second-order valence-electron chi connectivity index (χ2n) is 6.43. The maximum Gasteiger partial charge on any atom is 0.322 e. The van der Waals surface area contributed by atoms with Crippen LogP contribution < -0.4 is 14.2 Å². The Morgan fingerprint density at radius 2 is 1.89 bits per heavy atom. The fourth-order valence-corrected chi connectivity index (χ4v) is 2.95. The van der Waals surface area contributed by atoms with Gasteiger partial charge in [-0.1, -0.05) is 12.1 Å². The van der Waals surface area contributed by atoms with E-state index < -0.39 is 22.0 Å². The van der Waals surface area contributed by atoms with Crippen LogP contribution in [0.25, 0.3) is 0 Å². The topological polar surface area (TPSA) is 84.9 Å². The van der Waals surface area contributed by atoms with Gasteiger partial charge in [-0.25, -0.2) is 9.18 Å². The first kappa shape index (κ1) is 21.5. The highest BCUT2D eigenvalue weighted by Gasteiger charge is 2.19. The van der Waals surface area contributed by atoms with Crippen molar-refractivity contribution in [3.05, 3.63) is 53.8 Å². The Hall–Kier alpha value is -2.81. The number of methoxy groups -OCH3 is 1. The van der Waals surface area contributed by atoms with Crippen molar-refractivity contribution < 1.29 is 26.5 Å². The number of amides is 2. The van der Waals surface area contributed by atoms with Crippen molar-refractivity contribution in [3.63, 3.8) is 0 Å². The van der Waals surface area contributed by atoms with Crippen molar-refractivity contribution >= 4 is 21.8 Å². The molecule has 0 heterocycles. The van der Waals surface area contributed by atoms with Gasteiger partial charge >= 0.3 is 16.1 Å². The Kier molecular flexibility index (Phi) is 6.85. The Labute approximate surface area is 164 Å². The number of benzene rings is 2. The molecule has 0 bridgehead atoms. The molecule has 0 saturated heterocycles. The molecular weight excluding hydrogens is 387 g/mol. The van der Waals surface area contributed by atoms with Gasteiger partial charge in [-0.15, -0.1) is 0 Å². The van der Waals surface area contributed by atoms with E-state index in [0.717, 1.165) is 6.26 Å². The molecule has 0 fully saturated rings. The normalized spacial score (nSPS) is 11.2. The van der Waals surface area contributed by atoms with Crippen molar-refractivity contribution in [1.29, 1.82) is 0 Å². The number of urea groups is 1. The number of carbonyl (C=O) groups excluding carboxylic acids is 1. The molecule has 0 atom stereocenters. The molecule has 0 aliphatic rings. The average Bonchev–Trinajstić information content (AvgIpc) is 2.58. The van der Waals surface area contributed by atoms with E-state index in [-0.39, 0.29) is 24.1 Å². The number of ether oxygens (including phenoxy) is 1. The minimum atomic E-state index is -3.74. The molecular formula is C19H23FN2O5S. The summed E-state index contributed by atoms with van der Waals surface area (Å²) in [6, 6.07) is 9.80. The van der Waals surface area contributed by atoms with Gasteiger partial charge in [-0.05, 0) is 49.7 Å². The van der Waals surface area contributed by atoms with Crippen LogP contribution in [0.1, 0.15) is 19.4 Å². The van der Waals surface area contributed by atoms with Gasteiger partial charge in [-0.2, -0.15) is 8.42 Å². The molecule has 0 aliphatic carbocycles. The Bertz CT molecular complexity index is 947. The fraction of sp³-hybridized carbons (Fsp3) is 0.316. The lowest BCUT2D eigenvalue weighted by Crippen LogP contribution is -2.39. The van der Waals surface area contributed by atoms with Crippen LogP contribution in [-0.2, 0) is 16.7 Å². The Morgan fingerprint density at radius 1 is 1.18 bits per heavy atom. The first-order valence-electron chi connectivity index (χ1n) is 8.48. The van der Waals surface area contributed by atoms with Crippen LogP contribution in [0.15, 0.2) is 42.5 Å². The minimum Gasteiger partial charge on any atom is -0.493 e. The lowest BCUT2D eigenvalue weighted by Gasteiger charge is -2.27. The highest BCUT2D eigenvalue weighted by molar-refractivity contribution is 7.86. The number of hydrogen-bond donors (Lipinski definition) is 1. The zero-order valence-electron chi connectivity index (χ0n) is 16.1. The number of rotatable bonds is 7. The summed E-state index contributed by atoms with van der Waals surface area (Å²) < 4.78 is 46.3. The molecule has 0 aliphatic heterocycles. The lowest BCUT2D eigenvalue weighted by molar-refractivity contribution is 0.193. The Morgan fingerprint density at radius 3 is 2.46 bits per heavy atom. The first-order chi connectivity index (χ1) is 13.1. The molecule has 0 spiro atoms. The van der Waals surface area contributed by atoms with E-state index >= 15 is 0 Å². The second kappa shape index (κ2) is 8.92. The highest BCUT2D eigenvalue weighted by atomic mass is 32.2. The molecule has 2 aromatic carbocycles. The van der Waals surface area contributed by atoms with Gasteiger partial charge in [0.1, 0.15) is 5.82 Å². The predicted octanol–water partition coefficient (Wildman–Crippen LogP) is 3.62. The van der Waals surface area contributed by atoms with Gasteiger partial charge in [0.2, 0.25) is 0 Å². The summed E-state index contributed by atoms with van der Waals surface area (Å²) in [4.78, 5) is 14.2. The predicted molar refractivity (Wildman–Crippen MR) is 105 cm³/mol. The van der Waals surface area contributed by atoms with Crippen LogP contribution >= 0.6 is 0 Å². The summed E-state index contributed by atoms with van der Waals surface area (Å²) in [6.45, 7) is 3.86. The van der Waals surface area contributed by atoms with Crippen molar-refractivity contribution in [2.45, 2.75) is 26.4 Å². The number of halogens is 1. The van der Waals surface area contributed by atoms with E-state index in [2.05, 4.69) is 5.32 Å². The van der Waals surface area contributed by atoms with E-state index in [0.29, 0.717) is 11.3 Å². The number of nitrogens with zero attached hydrogens (tertiary/aromatic N) is 1. The van der Waals surface area contributed by atoms with Gasteiger partial charge in [-0.3, -0.25) is 0 Å². The fourth-order valence-electron chi connectivity index (χ4n) is 2.49. The summed E-state index contributed by atoms with van der Waals surface area (Å²) in [5, 5.41) is 2.66. The van der Waals surface area contributed by atoms with Gasteiger partial charge < -0.3 is 19.1 Å². The smallest absolute Gasteiger partial charge is 0.322 e. The highest BCUT2D eigenvalue weighted by Crippen LogP contribution is 2.30. The quantitative estimate of drug-likeness (QED) is 0.705. The van der Waals surface area contributed by atoms with Gasteiger partial charge in [0.05, 0.1) is 13.4 Å². The second-order valence-corrected chi connectivity index (χ2v) is 8.01. The maximum absolute atomic E-state index is 13.3. The largest absolute Gasteiger partial charge is 0.493 e. The van der Waals surface area contributed by atoms with E-state index in [9.17, 15) is 17.6 Å². The molecule has 2 amide bonds. The molecule has 7 nitrogen and oxygen atoms in total. The van der Waals surface area contributed by atoms with Gasteiger partial charge in [0.15, 0.2) is 11.5 Å². The van der Waals surface area contributed by atoms with E-state index in [1.807, 2.05) is 13.8 Å². The number of nitrogens with one attached hydrogen (secondary N) is 1. The summed E-state index contributed by atoms with van der Waals surface area (Å²) in [6.07, 6.45) is 0.936. The maximum atomic E-state index is 13.3. The van der Waals surface area contributed by atoms with Crippen LogP contribution in [0.4, 0.5) is 14.9 Å². The van der Waals surface area contributed by atoms with Crippen LogP contribution in [0.5, 0.6) is 11.5 Å². The third kappa shape index (κ3) is 6.12. The first-order valence-corrected chi connectivity index (χ1v) is 10.3. The van der Waals surface area contributed by atoms with Gasteiger partial charge in [0.25, 0.3) is 0 Å². The number of hydrogen-bond acceptors (Lipinski definition) is 5. The van der Waals surface area contributed by atoms with Gasteiger partial charge in [0, 0.05) is 18.3 Å². The van der Waals surface area contributed by atoms with Crippen molar-refractivity contribution in [2.75, 3.05) is 18.7 Å². The van der Waals surface area contributed by atoms with Crippen molar-refractivity contribution in [1.82, 2.24) is 4.90 Å². The van der Waals surface area contributed by atoms with Crippen molar-refractivity contribution in [2.24, 2.45) is 0 Å². The monoisotopic (exact) mass is 410 g/mol. The summed E-state index contributed by atoms with van der Waals surface area (Å²) >= 11 is 0. The number of carbonyl (C=O) groups is 1. The molecule has 1 N–H and O–H groups in total. The lowest BCUT2D eigenvalue weighted by atomic mass is 10.1.